The van der Waals surface area contributed by atoms with Crippen molar-refractivity contribution in [2.45, 2.75) is 32.5 Å². The first kappa shape index (κ1) is 17.7. The van der Waals surface area contributed by atoms with E-state index in [-0.39, 0.29) is 18.5 Å². The second-order valence-electron chi connectivity index (χ2n) is 6.44. The van der Waals surface area contributed by atoms with Crippen LogP contribution in [0.25, 0.3) is 0 Å². The second-order valence-corrected chi connectivity index (χ2v) is 6.44. The zero-order valence-corrected chi connectivity index (χ0v) is 14.7. The highest BCUT2D eigenvalue weighted by molar-refractivity contribution is 6.35. The zero-order chi connectivity index (χ0) is 18.7. The first-order valence-electron chi connectivity index (χ1n) is 8.53. The number of hydrogen-bond acceptors (Lipinski definition) is 3. The van der Waals surface area contributed by atoms with E-state index in [4.69, 9.17) is 0 Å². The van der Waals surface area contributed by atoms with Gasteiger partial charge in [-0.3, -0.25) is 14.4 Å². The molecule has 0 aromatic heterocycles. The number of hydrogen-bond donors (Lipinski definition) is 2. The van der Waals surface area contributed by atoms with Gasteiger partial charge in [-0.15, -0.1) is 0 Å². The van der Waals surface area contributed by atoms with Crippen molar-refractivity contribution in [3.8, 4) is 0 Å². The van der Waals surface area contributed by atoms with Gasteiger partial charge in [-0.05, 0) is 25.5 Å². The van der Waals surface area contributed by atoms with E-state index in [1.807, 2.05) is 62.4 Å². The van der Waals surface area contributed by atoms with Crippen molar-refractivity contribution in [3.05, 3.63) is 65.7 Å². The zero-order valence-electron chi connectivity index (χ0n) is 14.7. The Labute approximate surface area is 152 Å². The number of carbonyl (C=O) groups is 3. The molecule has 1 aliphatic rings. The van der Waals surface area contributed by atoms with Crippen LogP contribution in [0.5, 0.6) is 0 Å². The van der Waals surface area contributed by atoms with Crippen LogP contribution in [0.1, 0.15) is 31.0 Å². The molecule has 1 heterocycles. The van der Waals surface area contributed by atoms with Gasteiger partial charge in [0.2, 0.25) is 0 Å². The number of para-hydroxylation sites is 1. The number of fused-ring (bicyclic) bond motifs is 1. The largest absolute Gasteiger partial charge is 0.344 e. The molecule has 0 bridgehead atoms. The Morgan fingerprint density at radius 3 is 2.35 bits per heavy atom. The van der Waals surface area contributed by atoms with Crippen molar-refractivity contribution in [2.24, 2.45) is 0 Å². The number of anilines is 1. The summed E-state index contributed by atoms with van der Waals surface area (Å²) in [7, 11) is 0. The minimum atomic E-state index is -0.844. The summed E-state index contributed by atoms with van der Waals surface area (Å²) in [6.07, 6.45) is 0. The summed E-state index contributed by atoms with van der Waals surface area (Å²) >= 11 is 0. The fourth-order valence-electron chi connectivity index (χ4n) is 3.07. The number of benzene rings is 2. The van der Waals surface area contributed by atoms with E-state index in [0.717, 1.165) is 11.3 Å². The first-order chi connectivity index (χ1) is 12.5. The number of amides is 3. The minimum Gasteiger partial charge on any atom is -0.344 e. The Kier molecular flexibility index (Phi) is 5.02. The molecule has 2 aromatic carbocycles. The van der Waals surface area contributed by atoms with Crippen molar-refractivity contribution in [1.29, 1.82) is 0 Å². The van der Waals surface area contributed by atoms with Crippen LogP contribution in [0.4, 0.5) is 5.69 Å². The van der Waals surface area contributed by atoms with E-state index in [1.54, 1.807) is 11.0 Å². The van der Waals surface area contributed by atoms with Gasteiger partial charge in [0.25, 0.3) is 5.91 Å². The molecular weight excluding hydrogens is 330 g/mol. The molecule has 0 spiro atoms. The summed E-state index contributed by atoms with van der Waals surface area (Å²) in [5.74, 6) is -1.81. The van der Waals surface area contributed by atoms with Gasteiger partial charge in [-0.1, -0.05) is 48.5 Å². The predicted molar refractivity (Wildman–Crippen MR) is 98.2 cm³/mol. The molecule has 134 valence electrons. The molecule has 3 rings (SSSR count). The van der Waals surface area contributed by atoms with E-state index < -0.39 is 17.9 Å². The Morgan fingerprint density at radius 2 is 1.65 bits per heavy atom. The van der Waals surface area contributed by atoms with Gasteiger partial charge in [0.1, 0.15) is 6.04 Å². The third kappa shape index (κ3) is 3.44. The van der Waals surface area contributed by atoms with Crippen molar-refractivity contribution in [3.63, 3.8) is 0 Å². The lowest BCUT2D eigenvalue weighted by molar-refractivity contribution is -0.140. The summed E-state index contributed by atoms with van der Waals surface area (Å²) < 4.78 is 0. The molecule has 0 aliphatic carbocycles. The van der Waals surface area contributed by atoms with Crippen LogP contribution in [-0.4, -0.2) is 23.8 Å². The average molecular weight is 351 g/mol. The maximum Gasteiger partial charge on any atom is 0.310 e. The quantitative estimate of drug-likeness (QED) is 0.826. The summed E-state index contributed by atoms with van der Waals surface area (Å²) in [5.41, 5.74) is 2.36. The smallest absolute Gasteiger partial charge is 0.310 e. The van der Waals surface area contributed by atoms with Gasteiger partial charge >= 0.3 is 11.8 Å². The van der Waals surface area contributed by atoms with Crippen LogP contribution in [0.2, 0.25) is 0 Å². The van der Waals surface area contributed by atoms with Crippen LogP contribution in [0.3, 0.4) is 0 Å². The number of carbonyl (C=O) groups excluding carboxylic acids is 3. The monoisotopic (exact) mass is 351 g/mol. The number of nitrogens with one attached hydrogen (secondary N) is 2. The second kappa shape index (κ2) is 7.39. The van der Waals surface area contributed by atoms with Crippen molar-refractivity contribution < 1.29 is 14.4 Å². The van der Waals surface area contributed by atoms with Crippen LogP contribution in [0.15, 0.2) is 54.6 Å². The van der Waals surface area contributed by atoms with E-state index in [0.29, 0.717) is 5.56 Å². The van der Waals surface area contributed by atoms with Crippen LogP contribution >= 0.6 is 0 Å². The lowest BCUT2D eigenvalue weighted by Gasteiger charge is -2.22. The topological polar surface area (TPSA) is 78.5 Å². The summed E-state index contributed by atoms with van der Waals surface area (Å²) in [6.45, 7) is 4.07. The predicted octanol–water partition coefficient (Wildman–Crippen LogP) is 1.92. The maximum atomic E-state index is 12.7. The Hall–Kier alpha value is -3.15. The molecule has 2 aromatic rings. The van der Waals surface area contributed by atoms with Crippen molar-refractivity contribution in [1.82, 2.24) is 10.6 Å². The van der Waals surface area contributed by atoms with E-state index in [2.05, 4.69) is 10.6 Å². The molecule has 6 heteroatoms. The summed E-state index contributed by atoms with van der Waals surface area (Å²) in [5, 5.41) is 5.13. The molecule has 26 heavy (non-hydrogen) atoms. The van der Waals surface area contributed by atoms with Crippen molar-refractivity contribution >= 4 is 23.4 Å². The Bertz CT molecular complexity index is 833. The lowest BCUT2D eigenvalue weighted by Crippen LogP contribution is -2.45. The van der Waals surface area contributed by atoms with Crippen LogP contribution in [-0.2, 0) is 20.9 Å². The van der Waals surface area contributed by atoms with E-state index in [1.165, 1.54) is 0 Å². The fourth-order valence-corrected chi connectivity index (χ4v) is 3.07. The SMILES string of the molecule is CC(C)N1C(=O)[C@@H](NC(=O)C(=O)NCc2ccccc2)c2ccccc21. The molecule has 0 fully saturated rings. The number of nitrogens with zero attached hydrogens (tertiary/aromatic N) is 1. The molecule has 3 amide bonds. The molecule has 0 radical (unpaired) electrons. The standard InChI is InChI=1S/C20H21N3O3/c1-13(2)23-16-11-7-6-10-15(16)17(20(23)26)22-19(25)18(24)21-12-14-8-4-3-5-9-14/h3-11,13,17H,12H2,1-2H3,(H,21,24)(H,22,25)/t17-/m0/s1. The van der Waals surface area contributed by atoms with Crippen LogP contribution in [0, 0.1) is 0 Å². The van der Waals surface area contributed by atoms with Gasteiger partial charge in [0, 0.05) is 23.8 Å². The highest BCUT2D eigenvalue weighted by atomic mass is 16.2. The van der Waals surface area contributed by atoms with Gasteiger partial charge in [0.15, 0.2) is 0 Å². The van der Waals surface area contributed by atoms with Crippen molar-refractivity contribution in [2.75, 3.05) is 4.90 Å². The van der Waals surface area contributed by atoms with Gasteiger partial charge in [-0.2, -0.15) is 0 Å². The minimum absolute atomic E-state index is 0.0440. The van der Waals surface area contributed by atoms with Gasteiger partial charge in [-0.25, -0.2) is 0 Å². The lowest BCUT2D eigenvalue weighted by atomic mass is 10.1. The Morgan fingerprint density at radius 1 is 1.00 bits per heavy atom. The highest BCUT2D eigenvalue weighted by Crippen LogP contribution is 2.36. The van der Waals surface area contributed by atoms with Gasteiger partial charge < -0.3 is 15.5 Å². The first-order valence-corrected chi connectivity index (χ1v) is 8.53. The van der Waals surface area contributed by atoms with Gasteiger partial charge in [0.05, 0.1) is 0 Å². The molecule has 1 aliphatic heterocycles. The fraction of sp³-hybridized carbons (Fsp3) is 0.250. The molecule has 0 saturated carbocycles. The molecule has 0 saturated heterocycles. The molecule has 2 N–H and O–H groups in total. The Balaban J connectivity index is 1.69. The number of rotatable bonds is 4. The van der Waals surface area contributed by atoms with E-state index >= 15 is 0 Å². The summed E-state index contributed by atoms with van der Waals surface area (Å²) in [4.78, 5) is 38.7. The molecular formula is C20H21N3O3. The molecule has 1 atom stereocenters. The highest BCUT2D eigenvalue weighted by Gasteiger charge is 2.39. The third-order valence-corrected chi connectivity index (χ3v) is 4.29. The summed E-state index contributed by atoms with van der Waals surface area (Å²) in [6, 6.07) is 15.7. The molecule has 6 nitrogen and oxygen atoms in total. The molecule has 0 unspecified atom stereocenters. The maximum absolute atomic E-state index is 12.7. The third-order valence-electron chi connectivity index (χ3n) is 4.29. The van der Waals surface area contributed by atoms with Crippen LogP contribution < -0.4 is 15.5 Å². The normalized spacial score (nSPS) is 15.7. The average Bonchev–Trinajstić information content (AvgIpc) is 2.92. The van der Waals surface area contributed by atoms with E-state index in [9.17, 15) is 14.4 Å².